The fourth-order valence-corrected chi connectivity index (χ4v) is 4.75. The summed E-state index contributed by atoms with van der Waals surface area (Å²) >= 11 is 0. The van der Waals surface area contributed by atoms with Crippen LogP contribution in [-0.4, -0.2) is 76.2 Å². The van der Waals surface area contributed by atoms with Gasteiger partial charge in [-0.15, -0.1) is 0 Å². The van der Waals surface area contributed by atoms with E-state index in [4.69, 9.17) is 18.5 Å². The van der Waals surface area contributed by atoms with E-state index in [0.29, 0.717) is 30.8 Å². The van der Waals surface area contributed by atoms with Gasteiger partial charge in [-0.2, -0.15) is 0 Å². The molecule has 0 bridgehead atoms. The first-order valence-electron chi connectivity index (χ1n) is 15.3. The van der Waals surface area contributed by atoms with Crippen molar-refractivity contribution in [2.24, 2.45) is 0 Å². The van der Waals surface area contributed by atoms with Crippen LogP contribution in [0, 0.1) is 0 Å². The quantitative estimate of drug-likeness (QED) is 0.0578. The third-order valence-corrected chi connectivity index (χ3v) is 7.47. The Balaban J connectivity index is 3.89. The molecule has 0 saturated carbocycles. The number of likely N-dealkylation sites (N-methyl/N-ethyl adjacent to an activating group) is 1. The third kappa shape index (κ3) is 28.8. The van der Waals surface area contributed by atoms with E-state index in [2.05, 4.69) is 13.8 Å². The topological polar surface area (TPSA) is 74.2 Å². The monoisotopic (exact) mass is 552 g/mol. The first-order chi connectivity index (χ1) is 17.7. The highest BCUT2D eigenvalue weighted by atomic mass is 31.2. The van der Waals surface area contributed by atoms with Gasteiger partial charge in [0.25, 0.3) is 0 Å². The lowest BCUT2D eigenvalue weighted by molar-refractivity contribution is -0.870. The highest BCUT2D eigenvalue weighted by Gasteiger charge is 2.25. The van der Waals surface area contributed by atoms with Crippen LogP contribution in [0.1, 0.15) is 123 Å². The minimum Gasteiger partial charge on any atom is -0.379 e. The molecule has 0 aromatic heterocycles. The summed E-state index contributed by atoms with van der Waals surface area (Å²) in [5, 5.41) is 0. The van der Waals surface area contributed by atoms with E-state index >= 15 is 0 Å². The lowest BCUT2D eigenvalue weighted by Crippen LogP contribution is -2.37. The number of hydrogen-bond donors (Lipinski definition) is 1. The molecule has 224 valence electrons. The molecular weight excluding hydrogens is 489 g/mol. The van der Waals surface area contributed by atoms with Gasteiger partial charge in [-0.1, -0.05) is 110 Å². The standard InChI is InChI=1S/C29H62NO6P/c1-6-8-10-11-12-13-14-15-16-17-18-19-20-22-24-33-27-29(34-25-21-9-7-2)28-36-37(31,32)35-26-23-30(3,4)5/h29H,6-28H2,1-5H3/p+1/t29-/m1/s1. The summed E-state index contributed by atoms with van der Waals surface area (Å²) < 4.78 is 34.9. The number of phosphoric ester groups is 1. The Bertz CT molecular complexity index is 529. The van der Waals surface area contributed by atoms with Crippen molar-refractivity contribution in [3.8, 4) is 0 Å². The summed E-state index contributed by atoms with van der Waals surface area (Å²) in [7, 11) is 1.91. The highest BCUT2D eigenvalue weighted by molar-refractivity contribution is 7.47. The zero-order chi connectivity index (χ0) is 27.7. The van der Waals surface area contributed by atoms with Crippen LogP contribution >= 0.6 is 7.82 Å². The zero-order valence-corrected chi connectivity index (χ0v) is 26.1. The van der Waals surface area contributed by atoms with Crippen molar-refractivity contribution in [3.63, 3.8) is 0 Å². The molecule has 0 amide bonds. The number of nitrogens with zero attached hydrogens (tertiary/aromatic N) is 1. The van der Waals surface area contributed by atoms with E-state index in [1.54, 1.807) is 0 Å². The van der Waals surface area contributed by atoms with Crippen molar-refractivity contribution in [1.29, 1.82) is 0 Å². The predicted octanol–water partition coefficient (Wildman–Crippen LogP) is 7.90. The SMILES string of the molecule is CCCCCCCCCCCCCCCCOC[C@H](COP(=O)(O)OCC[N+](C)(C)C)OCCCCC. The summed E-state index contributed by atoms with van der Waals surface area (Å²) in [6.45, 7) is 6.84. The maximum Gasteiger partial charge on any atom is 0.472 e. The second kappa shape index (κ2) is 25.0. The molecule has 1 N–H and O–H groups in total. The van der Waals surface area contributed by atoms with Crippen molar-refractivity contribution in [2.75, 3.05) is 60.7 Å². The van der Waals surface area contributed by atoms with E-state index in [0.717, 1.165) is 25.7 Å². The largest absolute Gasteiger partial charge is 0.472 e. The summed E-state index contributed by atoms with van der Waals surface area (Å²) in [4.78, 5) is 9.99. The highest BCUT2D eigenvalue weighted by Crippen LogP contribution is 2.43. The van der Waals surface area contributed by atoms with Gasteiger partial charge in [0.05, 0.1) is 34.4 Å². The van der Waals surface area contributed by atoms with Crippen molar-refractivity contribution >= 4 is 7.82 Å². The van der Waals surface area contributed by atoms with Crippen LogP contribution in [0.2, 0.25) is 0 Å². The smallest absolute Gasteiger partial charge is 0.379 e. The number of phosphoric acid groups is 1. The lowest BCUT2D eigenvalue weighted by Gasteiger charge is -2.24. The second-order valence-electron chi connectivity index (χ2n) is 11.5. The average Bonchev–Trinajstić information content (AvgIpc) is 2.83. The fraction of sp³-hybridized carbons (Fsp3) is 1.00. The van der Waals surface area contributed by atoms with Crippen LogP contribution < -0.4 is 0 Å². The minimum absolute atomic E-state index is 0.0109. The average molecular weight is 553 g/mol. The molecule has 0 rings (SSSR count). The fourth-order valence-electron chi connectivity index (χ4n) is 4.00. The van der Waals surface area contributed by atoms with Gasteiger partial charge < -0.3 is 18.9 Å². The Morgan fingerprint density at radius 3 is 1.59 bits per heavy atom. The van der Waals surface area contributed by atoms with E-state index < -0.39 is 7.82 Å². The molecule has 0 aromatic rings. The van der Waals surface area contributed by atoms with Crippen LogP contribution in [0.25, 0.3) is 0 Å². The van der Waals surface area contributed by atoms with E-state index in [1.165, 1.54) is 83.5 Å². The van der Waals surface area contributed by atoms with Gasteiger partial charge in [0.1, 0.15) is 19.3 Å². The van der Waals surface area contributed by atoms with Crippen molar-refractivity contribution in [1.82, 2.24) is 0 Å². The number of hydrogen-bond acceptors (Lipinski definition) is 5. The first kappa shape index (κ1) is 37.0. The molecule has 0 radical (unpaired) electrons. The van der Waals surface area contributed by atoms with Crippen molar-refractivity contribution in [2.45, 2.75) is 129 Å². The summed E-state index contributed by atoms with van der Waals surface area (Å²) in [5.41, 5.74) is 0. The van der Waals surface area contributed by atoms with Gasteiger partial charge in [-0.3, -0.25) is 9.05 Å². The number of unbranched alkanes of at least 4 members (excludes halogenated alkanes) is 15. The van der Waals surface area contributed by atoms with E-state index in [1.807, 2.05) is 21.1 Å². The number of ether oxygens (including phenoxy) is 2. The molecule has 0 saturated heterocycles. The Morgan fingerprint density at radius 1 is 0.622 bits per heavy atom. The molecule has 8 heteroatoms. The summed E-state index contributed by atoms with van der Waals surface area (Å²) in [6.07, 6.45) is 21.5. The lowest BCUT2D eigenvalue weighted by atomic mass is 10.0. The van der Waals surface area contributed by atoms with Crippen LogP contribution in [0.15, 0.2) is 0 Å². The minimum atomic E-state index is -4.10. The zero-order valence-electron chi connectivity index (χ0n) is 25.2. The van der Waals surface area contributed by atoms with Gasteiger partial charge in [-0.05, 0) is 12.8 Å². The van der Waals surface area contributed by atoms with Crippen LogP contribution in [-0.2, 0) is 23.1 Å². The summed E-state index contributed by atoms with van der Waals surface area (Å²) in [6, 6.07) is 0. The van der Waals surface area contributed by atoms with Gasteiger partial charge in [0.15, 0.2) is 0 Å². The maximum absolute atomic E-state index is 12.2. The molecule has 0 aliphatic rings. The van der Waals surface area contributed by atoms with Gasteiger partial charge in [0.2, 0.25) is 0 Å². The predicted molar refractivity (Wildman–Crippen MR) is 155 cm³/mol. The van der Waals surface area contributed by atoms with Crippen LogP contribution in [0.3, 0.4) is 0 Å². The Hall–Kier alpha value is -0.0100. The molecular formula is C29H63NO6P+. The molecule has 0 aliphatic carbocycles. The maximum atomic E-state index is 12.2. The molecule has 0 spiro atoms. The Kier molecular flexibility index (Phi) is 25.0. The molecule has 37 heavy (non-hydrogen) atoms. The molecule has 0 heterocycles. The Labute approximate surface area is 230 Å². The van der Waals surface area contributed by atoms with Crippen LogP contribution in [0.5, 0.6) is 0 Å². The molecule has 2 atom stereocenters. The normalized spacial score (nSPS) is 14.6. The van der Waals surface area contributed by atoms with E-state index in [9.17, 15) is 9.46 Å². The van der Waals surface area contributed by atoms with Crippen molar-refractivity contribution in [3.05, 3.63) is 0 Å². The van der Waals surface area contributed by atoms with E-state index in [-0.39, 0.29) is 19.3 Å². The van der Waals surface area contributed by atoms with Gasteiger partial charge in [0, 0.05) is 13.2 Å². The second-order valence-corrected chi connectivity index (χ2v) is 12.9. The van der Waals surface area contributed by atoms with Gasteiger partial charge >= 0.3 is 7.82 Å². The Morgan fingerprint density at radius 2 is 1.08 bits per heavy atom. The first-order valence-corrected chi connectivity index (χ1v) is 16.8. The van der Waals surface area contributed by atoms with Gasteiger partial charge in [-0.25, -0.2) is 4.57 Å². The molecule has 7 nitrogen and oxygen atoms in total. The number of quaternary nitrogens is 1. The third-order valence-electron chi connectivity index (χ3n) is 6.49. The summed E-state index contributed by atoms with van der Waals surface area (Å²) in [5.74, 6) is 0. The molecule has 0 aromatic carbocycles. The molecule has 1 unspecified atom stereocenters. The van der Waals surface area contributed by atoms with Crippen molar-refractivity contribution < 1.29 is 32.5 Å². The number of rotatable bonds is 29. The molecule has 0 aliphatic heterocycles. The van der Waals surface area contributed by atoms with Crippen LogP contribution in [0.4, 0.5) is 0 Å². The molecule has 0 fully saturated rings.